The number of rotatable bonds is 5. The van der Waals surface area contributed by atoms with Crippen LogP contribution in [-0.2, 0) is 9.59 Å². The fourth-order valence-corrected chi connectivity index (χ4v) is 3.48. The number of amides is 2. The lowest BCUT2D eigenvalue weighted by atomic mass is 9.97. The van der Waals surface area contributed by atoms with Gasteiger partial charge in [0.1, 0.15) is 11.6 Å². The second-order valence-electron chi connectivity index (χ2n) is 7.39. The van der Waals surface area contributed by atoms with Crippen LogP contribution in [0.5, 0.6) is 5.75 Å². The Morgan fingerprint density at radius 2 is 2.03 bits per heavy atom. The Bertz CT molecular complexity index is 1210. The summed E-state index contributed by atoms with van der Waals surface area (Å²) in [7, 11) is 0. The van der Waals surface area contributed by atoms with Gasteiger partial charge in [-0.2, -0.15) is 0 Å². The SMILES string of the molecule is C[C@H]1C(=O)NC[C@@H]1C(=O)Nc1cc(-c2cccc(OC(F)(F)F)c2)n(-c2cncc(F)c2)n1. The first kappa shape index (κ1) is 22.2. The monoisotopic (exact) mass is 463 g/mol. The smallest absolute Gasteiger partial charge is 0.406 e. The predicted molar refractivity (Wildman–Crippen MR) is 108 cm³/mol. The highest BCUT2D eigenvalue weighted by molar-refractivity contribution is 5.98. The van der Waals surface area contributed by atoms with E-state index in [2.05, 4.69) is 25.5 Å². The molecule has 2 amide bonds. The second kappa shape index (κ2) is 8.52. The zero-order valence-corrected chi connectivity index (χ0v) is 17.1. The molecule has 1 fully saturated rings. The van der Waals surface area contributed by atoms with E-state index in [1.807, 2.05) is 0 Å². The van der Waals surface area contributed by atoms with E-state index < -0.39 is 35.7 Å². The number of carbonyl (C=O) groups excluding carboxylic acids is 2. The fourth-order valence-electron chi connectivity index (χ4n) is 3.48. The van der Waals surface area contributed by atoms with Gasteiger partial charge in [0.05, 0.1) is 29.7 Å². The van der Waals surface area contributed by atoms with E-state index in [4.69, 9.17) is 0 Å². The molecular formula is C21H17F4N5O3. The summed E-state index contributed by atoms with van der Waals surface area (Å²) in [6.45, 7) is 1.80. The van der Waals surface area contributed by atoms with Crippen molar-refractivity contribution in [1.29, 1.82) is 0 Å². The molecule has 3 aromatic rings. The van der Waals surface area contributed by atoms with Crippen molar-refractivity contribution in [1.82, 2.24) is 20.1 Å². The van der Waals surface area contributed by atoms with Gasteiger partial charge < -0.3 is 15.4 Å². The van der Waals surface area contributed by atoms with Gasteiger partial charge in [-0.1, -0.05) is 19.1 Å². The number of pyridine rings is 1. The van der Waals surface area contributed by atoms with Gasteiger partial charge in [0.25, 0.3) is 0 Å². The third-order valence-corrected chi connectivity index (χ3v) is 5.11. The van der Waals surface area contributed by atoms with E-state index in [1.54, 1.807) is 6.92 Å². The van der Waals surface area contributed by atoms with Crippen LogP contribution in [0.4, 0.5) is 23.4 Å². The highest BCUT2D eigenvalue weighted by Gasteiger charge is 2.36. The Hall–Kier alpha value is -3.96. The second-order valence-corrected chi connectivity index (χ2v) is 7.39. The number of hydrogen-bond acceptors (Lipinski definition) is 5. The number of nitrogens with one attached hydrogen (secondary N) is 2. The number of benzene rings is 1. The summed E-state index contributed by atoms with van der Waals surface area (Å²) in [6, 6.07) is 7.69. The van der Waals surface area contributed by atoms with E-state index in [-0.39, 0.29) is 35.2 Å². The van der Waals surface area contributed by atoms with Crippen LogP contribution in [-0.4, -0.2) is 39.5 Å². The maximum Gasteiger partial charge on any atom is 0.573 e. The average molecular weight is 463 g/mol. The summed E-state index contributed by atoms with van der Waals surface area (Å²) in [6.07, 6.45) is -2.59. The molecule has 2 atom stereocenters. The average Bonchev–Trinajstić information content (AvgIpc) is 3.30. The van der Waals surface area contributed by atoms with Gasteiger partial charge in [-0.3, -0.25) is 14.6 Å². The van der Waals surface area contributed by atoms with Crippen molar-refractivity contribution in [2.45, 2.75) is 13.3 Å². The normalized spacial score (nSPS) is 18.2. The Morgan fingerprint density at radius 1 is 1.24 bits per heavy atom. The summed E-state index contributed by atoms with van der Waals surface area (Å²) < 4.78 is 57.0. The molecule has 1 saturated heterocycles. The van der Waals surface area contributed by atoms with Gasteiger partial charge in [0.2, 0.25) is 11.8 Å². The Morgan fingerprint density at radius 3 is 2.70 bits per heavy atom. The maximum absolute atomic E-state index is 13.8. The van der Waals surface area contributed by atoms with E-state index in [0.29, 0.717) is 0 Å². The summed E-state index contributed by atoms with van der Waals surface area (Å²) in [4.78, 5) is 28.1. The first-order valence-electron chi connectivity index (χ1n) is 9.76. The summed E-state index contributed by atoms with van der Waals surface area (Å²) >= 11 is 0. The first-order valence-corrected chi connectivity index (χ1v) is 9.76. The molecule has 0 aliphatic carbocycles. The molecule has 1 aliphatic rings. The molecule has 4 rings (SSSR count). The molecule has 172 valence electrons. The van der Waals surface area contributed by atoms with Crippen molar-refractivity contribution in [3.05, 3.63) is 54.6 Å². The van der Waals surface area contributed by atoms with Gasteiger partial charge in [0.15, 0.2) is 5.82 Å². The number of nitrogens with zero attached hydrogens (tertiary/aromatic N) is 3. The Labute approximate surface area is 184 Å². The van der Waals surface area contributed by atoms with Gasteiger partial charge in [-0.05, 0) is 12.1 Å². The molecule has 3 heterocycles. The van der Waals surface area contributed by atoms with Crippen LogP contribution in [0, 0.1) is 17.7 Å². The van der Waals surface area contributed by atoms with Crippen LogP contribution in [0.25, 0.3) is 16.9 Å². The summed E-state index contributed by atoms with van der Waals surface area (Å²) in [5.74, 6) is -2.90. The van der Waals surface area contributed by atoms with E-state index in [0.717, 1.165) is 24.4 Å². The standard InChI is InChI=1S/C21H17F4N5O3/c1-11-16(10-27-19(11)31)20(32)28-18-7-17(30(29-18)14-6-13(22)8-26-9-14)12-3-2-4-15(5-12)33-21(23,24)25/h2-9,11,16H,10H2,1H3,(H,27,31)(H,28,29,32)/t11-,16+/m1/s1. The zero-order valence-electron chi connectivity index (χ0n) is 17.1. The number of carbonyl (C=O) groups is 2. The quantitative estimate of drug-likeness (QED) is 0.566. The molecular weight excluding hydrogens is 446 g/mol. The van der Waals surface area contributed by atoms with Crippen molar-refractivity contribution >= 4 is 17.6 Å². The molecule has 1 aliphatic heterocycles. The van der Waals surface area contributed by atoms with E-state index in [9.17, 15) is 27.2 Å². The van der Waals surface area contributed by atoms with Crippen molar-refractivity contribution in [3.63, 3.8) is 0 Å². The number of ether oxygens (including phenoxy) is 1. The van der Waals surface area contributed by atoms with Crippen LogP contribution in [0.15, 0.2) is 48.8 Å². The van der Waals surface area contributed by atoms with Crippen LogP contribution in [0.3, 0.4) is 0 Å². The molecule has 0 radical (unpaired) electrons. The Balaban J connectivity index is 1.71. The van der Waals surface area contributed by atoms with Gasteiger partial charge >= 0.3 is 6.36 Å². The number of halogens is 4. The number of alkyl halides is 3. The van der Waals surface area contributed by atoms with Gasteiger partial charge in [0, 0.05) is 30.2 Å². The summed E-state index contributed by atoms with van der Waals surface area (Å²) in [5, 5.41) is 9.49. The molecule has 12 heteroatoms. The van der Waals surface area contributed by atoms with Crippen LogP contribution < -0.4 is 15.4 Å². The van der Waals surface area contributed by atoms with Gasteiger partial charge in [-0.15, -0.1) is 18.3 Å². The highest BCUT2D eigenvalue weighted by Crippen LogP contribution is 2.31. The highest BCUT2D eigenvalue weighted by atomic mass is 19.4. The molecule has 1 aromatic carbocycles. The molecule has 0 bridgehead atoms. The van der Waals surface area contributed by atoms with Crippen molar-refractivity contribution in [2.24, 2.45) is 11.8 Å². The lowest BCUT2D eigenvalue weighted by Crippen LogP contribution is -2.28. The van der Waals surface area contributed by atoms with Crippen LogP contribution in [0.2, 0.25) is 0 Å². The number of anilines is 1. The molecule has 0 unspecified atom stereocenters. The van der Waals surface area contributed by atoms with Crippen LogP contribution in [0.1, 0.15) is 6.92 Å². The molecule has 2 N–H and O–H groups in total. The minimum atomic E-state index is -4.88. The van der Waals surface area contributed by atoms with E-state index >= 15 is 0 Å². The lowest BCUT2D eigenvalue weighted by molar-refractivity contribution is -0.274. The van der Waals surface area contributed by atoms with Crippen molar-refractivity contribution in [3.8, 4) is 22.7 Å². The minimum Gasteiger partial charge on any atom is -0.406 e. The molecule has 0 saturated carbocycles. The van der Waals surface area contributed by atoms with Crippen LogP contribution >= 0.6 is 0 Å². The topological polar surface area (TPSA) is 98.1 Å². The Kier molecular flexibility index (Phi) is 5.75. The third kappa shape index (κ3) is 4.94. The number of aromatic nitrogens is 3. The fraction of sp³-hybridized carbons (Fsp3) is 0.238. The van der Waals surface area contributed by atoms with Gasteiger partial charge in [-0.25, -0.2) is 9.07 Å². The first-order chi connectivity index (χ1) is 15.6. The zero-order chi connectivity index (χ0) is 23.8. The maximum atomic E-state index is 13.8. The summed E-state index contributed by atoms with van der Waals surface area (Å²) in [5.41, 5.74) is 0.692. The largest absolute Gasteiger partial charge is 0.573 e. The number of hydrogen-bond donors (Lipinski definition) is 2. The molecule has 8 nitrogen and oxygen atoms in total. The predicted octanol–water partition coefficient (Wildman–Crippen LogP) is 3.29. The van der Waals surface area contributed by atoms with E-state index in [1.165, 1.54) is 29.1 Å². The molecule has 33 heavy (non-hydrogen) atoms. The minimum absolute atomic E-state index is 0.0629. The van der Waals surface area contributed by atoms with Crippen molar-refractivity contribution < 1.29 is 31.9 Å². The molecule has 0 spiro atoms. The van der Waals surface area contributed by atoms with Crippen molar-refractivity contribution in [2.75, 3.05) is 11.9 Å². The molecule has 2 aromatic heterocycles. The lowest BCUT2D eigenvalue weighted by Gasteiger charge is -2.11. The third-order valence-electron chi connectivity index (χ3n) is 5.11.